The Hall–Kier alpha value is -4.92. The van der Waals surface area contributed by atoms with Crippen molar-refractivity contribution in [3.8, 4) is 20.9 Å². The third kappa shape index (κ3) is 4.45. The van der Waals surface area contributed by atoms with E-state index in [2.05, 4.69) is 0 Å². The molecule has 9 rings (SSSR count). The molecular formula is C43H26F6S2. The van der Waals surface area contributed by atoms with Gasteiger partial charge in [-0.1, -0.05) is 97.1 Å². The molecule has 0 N–H and O–H groups in total. The summed E-state index contributed by atoms with van der Waals surface area (Å²) in [5.41, 5.74) is -1.77. The monoisotopic (exact) mass is 720 g/mol. The highest BCUT2D eigenvalue weighted by atomic mass is 32.1. The van der Waals surface area contributed by atoms with Crippen molar-refractivity contribution in [2.24, 2.45) is 0 Å². The van der Waals surface area contributed by atoms with Crippen molar-refractivity contribution in [1.82, 2.24) is 0 Å². The predicted molar refractivity (Wildman–Crippen MR) is 201 cm³/mol. The van der Waals surface area contributed by atoms with Gasteiger partial charge in [-0.05, 0) is 92.3 Å². The van der Waals surface area contributed by atoms with Crippen molar-refractivity contribution in [2.75, 3.05) is 0 Å². The fourth-order valence-electron chi connectivity index (χ4n) is 7.70. The maximum atomic E-state index is 16.2. The second kappa shape index (κ2) is 11.0. The lowest BCUT2D eigenvalue weighted by molar-refractivity contribution is -0.254. The van der Waals surface area contributed by atoms with Crippen molar-refractivity contribution >= 4 is 76.9 Å². The van der Waals surface area contributed by atoms with Gasteiger partial charge in [0, 0.05) is 41.8 Å². The van der Waals surface area contributed by atoms with Crippen LogP contribution in [0.4, 0.5) is 26.3 Å². The lowest BCUT2D eigenvalue weighted by Crippen LogP contribution is -2.48. The van der Waals surface area contributed by atoms with Gasteiger partial charge in [0.15, 0.2) is 0 Å². The fourth-order valence-corrected chi connectivity index (χ4v) is 9.90. The number of fused-ring (bicyclic) bond motifs is 4. The van der Waals surface area contributed by atoms with E-state index in [-0.39, 0.29) is 20.9 Å². The summed E-state index contributed by atoms with van der Waals surface area (Å²) in [6.07, 6.45) is 0. The standard InChI is InChI=1S/C43H26F6S2/c1-23-33(21-35(50-23)37-29-15-7-3-11-25(29)19-26-12-4-8-16-30(26)37)39-40(42(46,47)43(48,49)41(39,44)45)34-22-36(51-24(34)2)38-31-17-9-5-13-27(31)20-28-14-6-10-18-32(28)38/h3-22H,1-2H3. The van der Waals surface area contributed by atoms with E-state index in [9.17, 15) is 0 Å². The minimum absolute atomic E-state index is 0.246. The zero-order chi connectivity index (χ0) is 35.4. The van der Waals surface area contributed by atoms with Gasteiger partial charge in [-0.25, -0.2) is 0 Å². The SMILES string of the molecule is Cc1sc(-c2c3ccccc3cc3ccccc23)cc1C1=C(c2cc(-c3c4ccccc4cc4ccccc34)sc2C)C(F)(F)C(F)(F)C1(F)F. The first kappa shape index (κ1) is 32.0. The molecule has 0 radical (unpaired) electrons. The number of halogens is 6. The normalized spacial score (nSPS) is 16.6. The van der Waals surface area contributed by atoms with Crippen LogP contribution in [-0.2, 0) is 0 Å². The van der Waals surface area contributed by atoms with Crippen LogP contribution in [0.1, 0.15) is 20.9 Å². The maximum Gasteiger partial charge on any atom is 0.380 e. The number of allylic oxidation sites excluding steroid dienone is 2. The van der Waals surface area contributed by atoms with Crippen molar-refractivity contribution in [3.05, 3.63) is 142 Å². The Labute approximate surface area is 296 Å². The number of rotatable bonds is 4. The van der Waals surface area contributed by atoms with E-state index in [1.165, 1.54) is 26.0 Å². The molecule has 0 amide bonds. The van der Waals surface area contributed by atoms with Crippen molar-refractivity contribution in [3.63, 3.8) is 0 Å². The van der Waals surface area contributed by atoms with Gasteiger partial charge in [-0.2, -0.15) is 26.3 Å². The van der Waals surface area contributed by atoms with E-state index >= 15 is 26.3 Å². The van der Waals surface area contributed by atoms with Crippen LogP contribution in [0.5, 0.6) is 0 Å². The van der Waals surface area contributed by atoms with Gasteiger partial charge in [-0.3, -0.25) is 0 Å². The molecule has 0 saturated carbocycles. The van der Waals surface area contributed by atoms with Crippen LogP contribution in [0.3, 0.4) is 0 Å². The molecule has 252 valence electrons. The van der Waals surface area contributed by atoms with Gasteiger partial charge in [0.2, 0.25) is 0 Å². The van der Waals surface area contributed by atoms with Crippen LogP contribution in [0.25, 0.3) is 75.1 Å². The van der Waals surface area contributed by atoms with E-state index in [1.54, 1.807) is 0 Å². The quantitative estimate of drug-likeness (QED) is 0.125. The van der Waals surface area contributed by atoms with Crippen molar-refractivity contribution < 1.29 is 26.3 Å². The molecule has 51 heavy (non-hydrogen) atoms. The van der Waals surface area contributed by atoms with Gasteiger partial charge < -0.3 is 0 Å². The Kier molecular flexibility index (Phi) is 6.93. The molecule has 0 aliphatic heterocycles. The molecular weight excluding hydrogens is 695 g/mol. The Bertz CT molecular complexity index is 2470. The highest BCUT2D eigenvalue weighted by Crippen LogP contribution is 2.66. The molecule has 2 aromatic heterocycles. The third-order valence-electron chi connectivity index (χ3n) is 10.1. The first-order valence-corrected chi connectivity index (χ1v) is 18.0. The summed E-state index contributed by atoms with van der Waals surface area (Å²) >= 11 is 2.27. The predicted octanol–water partition coefficient (Wildman–Crippen LogP) is 14.2. The highest BCUT2D eigenvalue weighted by Gasteiger charge is 2.80. The van der Waals surface area contributed by atoms with Crippen LogP contribution >= 0.6 is 22.7 Å². The van der Waals surface area contributed by atoms with Crippen molar-refractivity contribution in [1.29, 1.82) is 0 Å². The number of alkyl halides is 6. The number of hydrogen-bond donors (Lipinski definition) is 0. The summed E-state index contributed by atoms with van der Waals surface area (Å²) in [4.78, 5) is 1.55. The molecule has 0 fully saturated rings. The first-order valence-electron chi connectivity index (χ1n) is 16.3. The Morgan fingerprint density at radius 1 is 0.412 bits per heavy atom. The molecule has 8 heteroatoms. The first-order chi connectivity index (χ1) is 24.4. The Balaban J connectivity index is 1.32. The zero-order valence-corrected chi connectivity index (χ0v) is 28.8. The van der Waals surface area contributed by atoms with E-state index in [0.29, 0.717) is 9.75 Å². The average molecular weight is 721 g/mol. The van der Waals surface area contributed by atoms with E-state index in [4.69, 9.17) is 0 Å². The maximum absolute atomic E-state index is 16.2. The molecule has 6 aromatic carbocycles. The van der Waals surface area contributed by atoms with Crippen LogP contribution < -0.4 is 0 Å². The minimum Gasteiger partial charge on any atom is -0.194 e. The molecule has 0 nitrogen and oxygen atoms in total. The van der Waals surface area contributed by atoms with E-state index in [1.807, 2.05) is 109 Å². The topological polar surface area (TPSA) is 0 Å². The van der Waals surface area contributed by atoms with Crippen LogP contribution in [0, 0.1) is 13.8 Å². The average Bonchev–Trinajstić information content (AvgIpc) is 3.71. The molecule has 0 saturated heterocycles. The molecule has 1 aliphatic carbocycles. The second-order valence-corrected chi connectivity index (χ2v) is 15.5. The third-order valence-corrected chi connectivity index (χ3v) is 12.2. The van der Waals surface area contributed by atoms with Crippen LogP contribution in [0.2, 0.25) is 0 Å². The molecule has 0 unspecified atom stereocenters. The lowest BCUT2D eigenvalue weighted by Gasteiger charge is -2.25. The summed E-state index contributed by atoms with van der Waals surface area (Å²) in [6.45, 7) is 3.06. The molecule has 2 heterocycles. The van der Waals surface area contributed by atoms with E-state index < -0.39 is 28.9 Å². The smallest absolute Gasteiger partial charge is 0.194 e. The van der Waals surface area contributed by atoms with Gasteiger partial charge in [0.05, 0.1) is 0 Å². The number of thiophene rings is 2. The molecule has 0 atom stereocenters. The second-order valence-electron chi connectivity index (χ2n) is 13.0. The largest absolute Gasteiger partial charge is 0.380 e. The van der Waals surface area contributed by atoms with Crippen LogP contribution in [0.15, 0.2) is 121 Å². The summed E-state index contributed by atoms with van der Waals surface area (Å²) in [5, 5.41) is 6.99. The molecule has 1 aliphatic rings. The van der Waals surface area contributed by atoms with Gasteiger partial charge >= 0.3 is 17.8 Å². The summed E-state index contributed by atoms with van der Waals surface area (Å²) in [7, 11) is 0. The fraction of sp³-hybridized carbons (Fsp3) is 0.116. The minimum atomic E-state index is -5.66. The summed E-state index contributed by atoms with van der Waals surface area (Å²) < 4.78 is 96.0. The highest BCUT2D eigenvalue weighted by molar-refractivity contribution is 7.16. The number of aryl methyl sites for hydroxylation is 2. The van der Waals surface area contributed by atoms with Gasteiger partial charge in [-0.15, -0.1) is 22.7 Å². The number of benzene rings is 6. The van der Waals surface area contributed by atoms with E-state index in [0.717, 1.165) is 76.9 Å². The summed E-state index contributed by atoms with van der Waals surface area (Å²) in [6, 6.07) is 37.3. The number of hydrogen-bond acceptors (Lipinski definition) is 2. The molecule has 0 bridgehead atoms. The van der Waals surface area contributed by atoms with Gasteiger partial charge in [0.1, 0.15) is 0 Å². The van der Waals surface area contributed by atoms with Gasteiger partial charge in [0.25, 0.3) is 0 Å². The zero-order valence-electron chi connectivity index (χ0n) is 27.1. The molecule has 0 spiro atoms. The molecule has 8 aromatic rings. The summed E-state index contributed by atoms with van der Waals surface area (Å²) in [5.74, 6) is -16.0. The lowest BCUT2D eigenvalue weighted by atomic mass is 9.92. The Morgan fingerprint density at radius 3 is 1.02 bits per heavy atom. The van der Waals surface area contributed by atoms with Crippen LogP contribution in [-0.4, -0.2) is 17.8 Å². The Morgan fingerprint density at radius 2 is 0.706 bits per heavy atom. The van der Waals surface area contributed by atoms with Crippen molar-refractivity contribution in [2.45, 2.75) is 31.6 Å².